The Morgan fingerprint density at radius 2 is 1.90 bits per heavy atom. The molecule has 0 fully saturated rings. The monoisotopic (exact) mass is 572 g/mol. The molecule has 208 valence electrons. The summed E-state index contributed by atoms with van der Waals surface area (Å²) in [5.41, 5.74) is 2.01. The number of methoxy groups -OCH3 is 1. The van der Waals surface area contributed by atoms with E-state index in [1.54, 1.807) is 29.5 Å². The molecule has 0 spiro atoms. The Kier molecular flexibility index (Phi) is 10.1. The number of aliphatic hydroxyl groups is 1. The zero-order valence-electron chi connectivity index (χ0n) is 21.6. The summed E-state index contributed by atoms with van der Waals surface area (Å²) in [6, 6.07) is 17.6. The average molecular weight is 573 g/mol. The number of carbonyl (C=O) groups is 1. The highest BCUT2D eigenvalue weighted by Crippen LogP contribution is 2.32. The predicted molar refractivity (Wildman–Crippen MR) is 148 cm³/mol. The predicted octanol–water partition coefficient (Wildman–Crippen LogP) is 3.49. The molecule has 0 saturated carbocycles. The summed E-state index contributed by atoms with van der Waals surface area (Å²) in [6.07, 6.45) is 1.52. The number of aliphatic hydroxyl groups excluding tert-OH is 1. The second-order valence-electron chi connectivity index (χ2n) is 8.82. The summed E-state index contributed by atoms with van der Waals surface area (Å²) >= 11 is 1.57. The van der Waals surface area contributed by atoms with Gasteiger partial charge in [-0.1, -0.05) is 30.3 Å². The number of allylic oxidation sites excluding steroid dienone is 1. The minimum atomic E-state index is -3.87. The van der Waals surface area contributed by atoms with E-state index in [0.29, 0.717) is 18.7 Å². The second kappa shape index (κ2) is 13.7. The van der Waals surface area contributed by atoms with Gasteiger partial charge in [-0.3, -0.25) is 4.79 Å². The molecule has 0 radical (unpaired) electrons. The van der Waals surface area contributed by atoms with Crippen molar-refractivity contribution < 1.29 is 32.5 Å². The molecule has 1 aliphatic heterocycles. The largest absolute Gasteiger partial charge is 0.497 e. The van der Waals surface area contributed by atoms with Gasteiger partial charge in [0.15, 0.2) is 5.76 Å². The van der Waals surface area contributed by atoms with E-state index >= 15 is 0 Å². The molecular formula is C28H32N2O7S2. The van der Waals surface area contributed by atoms with Crippen LogP contribution in [0.15, 0.2) is 88.2 Å². The van der Waals surface area contributed by atoms with Crippen molar-refractivity contribution in [3.63, 3.8) is 0 Å². The summed E-state index contributed by atoms with van der Waals surface area (Å²) in [7, 11) is -2.37. The fraction of sp³-hybridized carbons (Fsp3) is 0.321. The maximum atomic E-state index is 13.2. The van der Waals surface area contributed by atoms with Crippen LogP contribution >= 0.6 is 11.3 Å². The number of ether oxygens (including phenoxy) is 3. The van der Waals surface area contributed by atoms with Crippen LogP contribution in [-0.4, -0.2) is 63.4 Å². The van der Waals surface area contributed by atoms with Crippen molar-refractivity contribution in [2.75, 3.05) is 33.4 Å². The molecule has 2 atom stereocenters. The molecule has 2 heterocycles. The molecule has 3 aromatic rings. The van der Waals surface area contributed by atoms with Gasteiger partial charge in [0, 0.05) is 32.0 Å². The third kappa shape index (κ3) is 7.68. The van der Waals surface area contributed by atoms with E-state index in [1.165, 1.54) is 19.2 Å². The van der Waals surface area contributed by atoms with E-state index in [-0.39, 0.29) is 48.8 Å². The maximum Gasteiger partial charge on any atom is 0.286 e. The Bertz CT molecular complexity index is 1330. The first-order chi connectivity index (χ1) is 18.9. The van der Waals surface area contributed by atoms with Gasteiger partial charge < -0.3 is 24.6 Å². The smallest absolute Gasteiger partial charge is 0.286 e. The van der Waals surface area contributed by atoms with E-state index < -0.39 is 16.3 Å². The van der Waals surface area contributed by atoms with E-state index in [4.69, 9.17) is 14.2 Å². The zero-order valence-corrected chi connectivity index (χ0v) is 23.2. The quantitative estimate of drug-likeness (QED) is 0.322. The number of hydrogen-bond acceptors (Lipinski definition) is 8. The highest BCUT2D eigenvalue weighted by Gasteiger charge is 2.30. The van der Waals surface area contributed by atoms with Crippen LogP contribution in [0.5, 0.6) is 5.75 Å². The lowest BCUT2D eigenvalue weighted by atomic mass is 9.95. The second-order valence-corrected chi connectivity index (χ2v) is 11.5. The highest BCUT2D eigenvalue weighted by molar-refractivity contribution is 7.89. The Morgan fingerprint density at radius 3 is 2.56 bits per heavy atom. The lowest BCUT2D eigenvalue weighted by molar-refractivity contribution is -0.146. The Balaban J connectivity index is 1.41. The van der Waals surface area contributed by atoms with Gasteiger partial charge in [-0.15, -0.1) is 0 Å². The number of hydrogen-bond donors (Lipinski definition) is 2. The minimum absolute atomic E-state index is 0.00283. The van der Waals surface area contributed by atoms with Crippen LogP contribution in [0.3, 0.4) is 0 Å². The van der Waals surface area contributed by atoms with E-state index in [2.05, 4.69) is 5.32 Å². The van der Waals surface area contributed by atoms with E-state index in [1.807, 2.05) is 47.2 Å². The zero-order chi connectivity index (χ0) is 27.7. The van der Waals surface area contributed by atoms with Gasteiger partial charge in [-0.25, -0.2) is 8.42 Å². The summed E-state index contributed by atoms with van der Waals surface area (Å²) in [4.78, 5) is 13.0. The molecule has 2 N–H and O–H groups in total. The van der Waals surface area contributed by atoms with E-state index in [0.717, 1.165) is 15.4 Å². The summed E-state index contributed by atoms with van der Waals surface area (Å²) < 4.78 is 44.5. The molecule has 0 unspecified atom stereocenters. The first-order valence-electron chi connectivity index (χ1n) is 12.5. The number of nitrogens with zero attached hydrogens (tertiary/aromatic N) is 1. The number of benzene rings is 2. The van der Waals surface area contributed by atoms with Crippen molar-refractivity contribution in [2.24, 2.45) is 0 Å². The van der Waals surface area contributed by atoms with E-state index in [9.17, 15) is 18.3 Å². The highest BCUT2D eigenvalue weighted by atomic mass is 32.2. The third-order valence-electron chi connectivity index (χ3n) is 6.24. The first kappa shape index (κ1) is 28.8. The molecule has 2 aromatic carbocycles. The molecule has 9 nitrogen and oxygen atoms in total. The van der Waals surface area contributed by atoms with Crippen LogP contribution in [0.2, 0.25) is 0 Å². The molecule has 11 heteroatoms. The van der Waals surface area contributed by atoms with Crippen molar-refractivity contribution in [1.29, 1.82) is 0 Å². The lowest BCUT2D eigenvalue weighted by Gasteiger charge is -2.30. The van der Waals surface area contributed by atoms with Crippen molar-refractivity contribution >= 4 is 27.3 Å². The summed E-state index contributed by atoms with van der Waals surface area (Å²) in [6.45, 7) is -0.0708. The summed E-state index contributed by atoms with van der Waals surface area (Å²) in [5.74, 6) is 0.258. The fourth-order valence-corrected chi connectivity index (χ4v) is 6.29. The molecule has 1 aliphatic rings. The Hall–Kier alpha value is -3.22. The van der Waals surface area contributed by atoms with Gasteiger partial charge in [0.05, 0.1) is 25.2 Å². The van der Waals surface area contributed by atoms with Gasteiger partial charge in [-0.2, -0.15) is 15.6 Å². The number of thiophene rings is 1. The van der Waals surface area contributed by atoms with Crippen LogP contribution in [0, 0.1) is 0 Å². The maximum absolute atomic E-state index is 13.2. The molecule has 0 saturated heterocycles. The minimum Gasteiger partial charge on any atom is -0.497 e. The number of nitrogens with one attached hydrogen (secondary N) is 1. The topological polar surface area (TPSA) is 114 Å². The Morgan fingerprint density at radius 1 is 1.13 bits per heavy atom. The van der Waals surface area contributed by atoms with Gasteiger partial charge >= 0.3 is 0 Å². The van der Waals surface area contributed by atoms with Gasteiger partial charge in [-0.05, 0) is 58.3 Å². The number of rotatable bonds is 13. The molecule has 0 bridgehead atoms. The van der Waals surface area contributed by atoms with Crippen molar-refractivity contribution in [3.8, 4) is 5.75 Å². The van der Waals surface area contributed by atoms with Crippen LogP contribution in [-0.2, 0) is 30.8 Å². The molecule has 0 aliphatic carbocycles. The normalized spacial score (nSPS) is 17.4. The number of carbonyl (C=O) groups excluding carboxylic acids is 1. The van der Waals surface area contributed by atoms with Crippen LogP contribution < -0.4 is 10.1 Å². The molecule has 39 heavy (non-hydrogen) atoms. The number of sulfonamides is 1. The standard InChI is InChI=1S/C28H32N2O7S2/c1-35-24-7-9-25(10-8-24)39(33,34)30(12-14-31)13-15-36-27-18-23(22-11-16-38-20-22)17-26(37-27)28(32)29-19-21-5-3-2-4-6-21/h2-11,16-17,20,23,27,31H,12-15,18-19H2,1H3,(H,29,32)/t23-,27+/m1/s1. The molecular weight excluding hydrogens is 540 g/mol. The van der Waals surface area contributed by atoms with Crippen LogP contribution in [0.4, 0.5) is 0 Å². The average Bonchev–Trinajstić information content (AvgIpc) is 3.51. The van der Waals surface area contributed by atoms with Crippen molar-refractivity contribution in [1.82, 2.24) is 9.62 Å². The Labute approximate surface area is 232 Å². The number of amides is 1. The fourth-order valence-electron chi connectivity index (χ4n) is 4.15. The SMILES string of the molecule is COc1ccc(S(=O)(=O)N(CCO)CCO[C@@H]2C[C@H](c3ccsc3)C=C(C(=O)NCc3ccccc3)O2)cc1. The first-order valence-corrected chi connectivity index (χ1v) is 14.9. The van der Waals surface area contributed by atoms with Gasteiger partial charge in [0.1, 0.15) is 5.75 Å². The third-order valence-corrected chi connectivity index (χ3v) is 8.85. The molecule has 1 aromatic heterocycles. The summed E-state index contributed by atoms with van der Waals surface area (Å²) in [5, 5.41) is 16.4. The van der Waals surface area contributed by atoms with Crippen LogP contribution in [0.25, 0.3) is 0 Å². The van der Waals surface area contributed by atoms with Crippen LogP contribution in [0.1, 0.15) is 23.5 Å². The van der Waals surface area contributed by atoms with Crippen molar-refractivity contribution in [2.45, 2.75) is 30.1 Å². The molecule has 1 amide bonds. The lowest BCUT2D eigenvalue weighted by Crippen LogP contribution is -2.38. The molecule has 4 rings (SSSR count). The van der Waals surface area contributed by atoms with Crippen molar-refractivity contribution in [3.05, 3.63) is 94.4 Å². The van der Waals surface area contributed by atoms with Gasteiger partial charge in [0.2, 0.25) is 16.3 Å². The van der Waals surface area contributed by atoms with Gasteiger partial charge in [0.25, 0.3) is 5.91 Å².